The largest absolute Gasteiger partial charge is 0.456 e. The zero-order chi connectivity index (χ0) is 21.8. The molecule has 0 amide bonds. The van der Waals surface area contributed by atoms with Crippen molar-refractivity contribution >= 4 is 17.7 Å². The van der Waals surface area contributed by atoms with Gasteiger partial charge in [-0.05, 0) is 36.2 Å². The second-order valence-electron chi connectivity index (χ2n) is 7.82. The summed E-state index contributed by atoms with van der Waals surface area (Å²) in [6, 6.07) is 37.0. The Morgan fingerprint density at radius 1 is 0.719 bits per heavy atom. The lowest BCUT2D eigenvalue weighted by molar-refractivity contribution is 0.489. The van der Waals surface area contributed by atoms with Crippen molar-refractivity contribution in [3.63, 3.8) is 0 Å². The number of benzene rings is 4. The molecule has 1 aliphatic heterocycles. The lowest BCUT2D eigenvalue weighted by Gasteiger charge is -2.30. The molecule has 1 unspecified atom stereocenters. The summed E-state index contributed by atoms with van der Waals surface area (Å²) in [7, 11) is 0. The van der Waals surface area contributed by atoms with E-state index in [4.69, 9.17) is 4.74 Å². The molecule has 0 saturated heterocycles. The van der Waals surface area contributed by atoms with Crippen molar-refractivity contribution in [1.82, 2.24) is 0 Å². The van der Waals surface area contributed by atoms with E-state index >= 15 is 0 Å². The van der Waals surface area contributed by atoms with Gasteiger partial charge in [0, 0.05) is 22.6 Å². The monoisotopic (exact) mass is 416 g/mol. The standard InChI is InChI=1S/C29H24N2O/c1-21-12-8-9-17-24(21)28-25-18-10-11-19-27(25)32-29(22-13-4-2-5-14-22)26(28)20-30-31-23-15-6-3-7-16-23/h2-20,28,31H,1H3. The molecule has 5 rings (SSSR count). The van der Waals surface area contributed by atoms with Crippen LogP contribution in [0.4, 0.5) is 5.69 Å². The van der Waals surface area contributed by atoms with Gasteiger partial charge in [0.05, 0.1) is 11.9 Å². The highest BCUT2D eigenvalue weighted by atomic mass is 16.5. The zero-order valence-corrected chi connectivity index (χ0v) is 17.9. The van der Waals surface area contributed by atoms with Crippen molar-refractivity contribution in [3.05, 3.63) is 137 Å². The van der Waals surface area contributed by atoms with Gasteiger partial charge >= 0.3 is 0 Å². The van der Waals surface area contributed by atoms with Gasteiger partial charge in [0.2, 0.25) is 0 Å². The number of nitrogens with zero attached hydrogens (tertiary/aromatic N) is 1. The molecule has 0 radical (unpaired) electrons. The quantitative estimate of drug-likeness (QED) is 0.280. The molecule has 0 aliphatic carbocycles. The summed E-state index contributed by atoms with van der Waals surface area (Å²) in [5, 5.41) is 4.61. The maximum Gasteiger partial charge on any atom is 0.140 e. The van der Waals surface area contributed by atoms with Crippen LogP contribution < -0.4 is 10.2 Å². The number of rotatable bonds is 5. The lowest BCUT2D eigenvalue weighted by atomic mass is 9.80. The summed E-state index contributed by atoms with van der Waals surface area (Å²) >= 11 is 0. The number of allylic oxidation sites excluding steroid dienone is 1. The van der Waals surface area contributed by atoms with Gasteiger partial charge in [-0.2, -0.15) is 5.10 Å². The van der Waals surface area contributed by atoms with Crippen molar-refractivity contribution in [2.75, 3.05) is 5.43 Å². The van der Waals surface area contributed by atoms with Gasteiger partial charge in [-0.1, -0.05) is 91.0 Å². The van der Waals surface area contributed by atoms with Gasteiger partial charge < -0.3 is 4.74 Å². The van der Waals surface area contributed by atoms with Crippen molar-refractivity contribution in [1.29, 1.82) is 0 Å². The Hall–Kier alpha value is -4.11. The third-order valence-corrected chi connectivity index (χ3v) is 5.72. The molecule has 3 heteroatoms. The van der Waals surface area contributed by atoms with E-state index in [1.807, 2.05) is 66.9 Å². The predicted molar refractivity (Wildman–Crippen MR) is 132 cm³/mol. The summed E-state index contributed by atoms with van der Waals surface area (Å²) in [6.45, 7) is 2.16. The lowest BCUT2D eigenvalue weighted by Crippen LogP contribution is -2.18. The van der Waals surface area contributed by atoms with Gasteiger partial charge in [-0.3, -0.25) is 5.43 Å². The molecule has 4 aromatic carbocycles. The van der Waals surface area contributed by atoms with Crippen LogP contribution in [0.5, 0.6) is 5.75 Å². The molecule has 0 saturated carbocycles. The van der Waals surface area contributed by atoms with E-state index in [2.05, 4.69) is 66.0 Å². The normalized spacial score (nSPS) is 15.3. The molecule has 0 bridgehead atoms. The second-order valence-corrected chi connectivity index (χ2v) is 7.82. The number of fused-ring (bicyclic) bond motifs is 1. The highest BCUT2D eigenvalue weighted by molar-refractivity contribution is 5.94. The highest BCUT2D eigenvalue weighted by Gasteiger charge is 2.31. The van der Waals surface area contributed by atoms with Gasteiger partial charge in [-0.25, -0.2) is 0 Å². The molecule has 3 nitrogen and oxygen atoms in total. The van der Waals surface area contributed by atoms with E-state index in [0.717, 1.165) is 33.9 Å². The number of hydrogen-bond acceptors (Lipinski definition) is 3. The van der Waals surface area contributed by atoms with Crippen LogP contribution >= 0.6 is 0 Å². The van der Waals surface area contributed by atoms with Gasteiger partial charge in [0.25, 0.3) is 0 Å². The highest BCUT2D eigenvalue weighted by Crippen LogP contribution is 2.45. The first-order valence-electron chi connectivity index (χ1n) is 10.8. The summed E-state index contributed by atoms with van der Waals surface area (Å²) < 4.78 is 6.49. The number of hydrazone groups is 1. The molecule has 1 heterocycles. The SMILES string of the molecule is Cc1ccccc1C1C(C=NNc2ccccc2)=C(c2ccccc2)Oc2ccccc21. The van der Waals surface area contributed by atoms with Crippen LogP contribution in [0.15, 0.2) is 120 Å². The van der Waals surface area contributed by atoms with Crippen LogP contribution in [-0.2, 0) is 0 Å². The first-order valence-corrected chi connectivity index (χ1v) is 10.8. The first kappa shape index (κ1) is 19.8. The van der Waals surface area contributed by atoms with Crippen LogP contribution in [0.2, 0.25) is 0 Å². The molecule has 1 aliphatic rings. The average Bonchev–Trinajstić information content (AvgIpc) is 2.85. The van der Waals surface area contributed by atoms with E-state index in [-0.39, 0.29) is 5.92 Å². The van der Waals surface area contributed by atoms with Crippen molar-refractivity contribution in [2.24, 2.45) is 5.10 Å². The average molecular weight is 417 g/mol. The maximum atomic E-state index is 6.49. The van der Waals surface area contributed by atoms with E-state index in [0.29, 0.717) is 0 Å². The molecule has 1 atom stereocenters. The third kappa shape index (κ3) is 3.93. The number of hydrogen-bond donors (Lipinski definition) is 1. The Bertz CT molecular complexity index is 1280. The summed E-state index contributed by atoms with van der Waals surface area (Å²) in [5.74, 6) is 1.72. The maximum absolute atomic E-state index is 6.49. The van der Waals surface area contributed by atoms with E-state index in [1.165, 1.54) is 11.1 Å². The Morgan fingerprint density at radius 2 is 1.34 bits per heavy atom. The smallest absolute Gasteiger partial charge is 0.140 e. The van der Waals surface area contributed by atoms with Crippen LogP contribution in [0, 0.1) is 6.92 Å². The first-order chi connectivity index (χ1) is 15.8. The topological polar surface area (TPSA) is 33.6 Å². The number of nitrogens with one attached hydrogen (secondary N) is 1. The van der Waals surface area contributed by atoms with Gasteiger partial charge in [0.1, 0.15) is 11.5 Å². The molecular weight excluding hydrogens is 392 g/mol. The van der Waals surface area contributed by atoms with E-state index in [1.54, 1.807) is 0 Å². The third-order valence-electron chi connectivity index (χ3n) is 5.72. The number of anilines is 1. The minimum atomic E-state index is 0.0117. The minimum absolute atomic E-state index is 0.0117. The predicted octanol–water partition coefficient (Wildman–Crippen LogP) is 7.03. The second kappa shape index (κ2) is 8.94. The van der Waals surface area contributed by atoms with Gasteiger partial charge in [0.15, 0.2) is 0 Å². The van der Waals surface area contributed by atoms with Crippen LogP contribution in [0.25, 0.3) is 5.76 Å². The number of aryl methyl sites for hydroxylation is 1. The Balaban J connectivity index is 1.68. The summed E-state index contributed by atoms with van der Waals surface area (Å²) in [6.07, 6.45) is 1.91. The fraction of sp³-hybridized carbons (Fsp3) is 0.0690. The zero-order valence-electron chi connectivity index (χ0n) is 17.9. The fourth-order valence-corrected chi connectivity index (χ4v) is 4.16. The molecule has 1 N–H and O–H groups in total. The van der Waals surface area contributed by atoms with Gasteiger partial charge in [-0.15, -0.1) is 0 Å². The Kier molecular flexibility index (Phi) is 5.54. The molecule has 156 valence electrons. The Labute approximate surface area is 188 Å². The molecule has 0 fully saturated rings. The van der Waals surface area contributed by atoms with Crippen LogP contribution in [-0.4, -0.2) is 6.21 Å². The van der Waals surface area contributed by atoms with Crippen molar-refractivity contribution in [3.8, 4) is 5.75 Å². The molecule has 0 spiro atoms. The van der Waals surface area contributed by atoms with E-state index < -0.39 is 0 Å². The Morgan fingerprint density at radius 3 is 2.09 bits per heavy atom. The molecule has 0 aromatic heterocycles. The van der Waals surface area contributed by atoms with Crippen molar-refractivity contribution in [2.45, 2.75) is 12.8 Å². The molecule has 4 aromatic rings. The summed E-state index contributed by atoms with van der Waals surface area (Å²) in [4.78, 5) is 0. The van der Waals surface area contributed by atoms with Crippen LogP contribution in [0.3, 0.4) is 0 Å². The number of para-hydroxylation sites is 2. The van der Waals surface area contributed by atoms with Crippen LogP contribution in [0.1, 0.15) is 28.2 Å². The van der Waals surface area contributed by atoms with E-state index in [9.17, 15) is 0 Å². The number of ether oxygens (including phenoxy) is 1. The molecular formula is C29H24N2O. The molecule has 32 heavy (non-hydrogen) atoms. The van der Waals surface area contributed by atoms with Crippen molar-refractivity contribution < 1.29 is 4.74 Å². The summed E-state index contributed by atoms with van der Waals surface area (Å²) in [5.41, 5.74) is 9.77. The fourth-order valence-electron chi connectivity index (χ4n) is 4.16. The minimum Gasteiger partial charge on any atom is -0.456 e.